The van der Waals surface area contributed by atoms with E-state index < -0.39 is 5.60 Å². The van der Waals surface area contributed by atoms with E-state index in [1.165, 1.54) is 6.07 Å². The van der Waals surface area contributed by atoms with Crippen LogP contribution in [-0.2, 0) is 12.2 Å². The van der Waals surface area contributed by atoms with Crippen LogP contribution in [0.5, 0.6) is 17.2 Å². The van der Waals surface area contributed by atoms with Gasteiger partial charge in [0.25, 0.3) is 0 Å². The number of aromatic hydroxyl groups is 2. The molecule has 0 bridgehead atoms. The van der Waals surface area contributed by atoms with E-state index in [4.69, 9.17) is 4.74 Å². The summed E-state index contributed by atoms with van der Waals surface area (Å²) in [6, 6.07) is 10.2. The number of benzene rings is 2. The van der Waals surface area contributed by atoms with Gasteiger partial charge < -0.3 is 25.4 Å². The Morgan fingerprint density at radius 3 is 2.67 bits per heavy atom. The highest BCUT2D eigenvalue weighted by atomic mass is 16.5. The fraction of sp³-hybridized carbons (Fsp3) is 0.250. The van der Waals surface area contributed by atoms with Gasteiger partial charge in [0.05, 0.1) is 0 Å². The molecule has 0 fully saturated rings. The molecule has 2 aromatic carbocycles. The summed E-state index contributed by atoms with van der Waals surface area (Å²) in [6.45, 7) is 0.337. The van der Waals surface area contributed by atoms with E-state index >= 15 is 0 Å². The Morgan fingerprint density at radius 2 is 1.90 bits per heavy atom. The minimum absolute atomic E-state index is 0.0819. The topological polar surface area (TPSA) is 82.0 Å². The Morgan fingerprint density at radius 1 is 1.14 bits per heavy atom. The molecule has 0 radical (unpaired) electrons. The zero-order valence-electron chi connectivity index (χ0n) is 11.6. The third-order valence-corrected chi connectivity index (χ3v) is 3.84. The number of hydrogen-bond acceptors (Lipinski definition) is 5. The summed E-state index contributed by atoms with van der Waals surface area (Å²) in [6.07, 6.45) is 0. The summed E-state index contributed by atoms with van der Waals surface area (Å²) in [5.74, 6) is 0.0790. The average Bonchev–Trinajstić information content (AvgIpc) is 2.60. The predicted octanol–water partition coefficient (Wildman–Crippen LogP) is 1.45. The van der Waals surface area contributed by atoms with Crippen LogP contribution in [0.25, 0.3) is 0 Å². The minimum Gasteiger partial charge on any atom is -0.504 e. The normalized spacial score (nSPS) is 20.1. The fourth-order valence-corrected chi connectivity index (χ4v) is 2.83. The molecular formula is C16H17NO4. The Hall–Kier alpha value is -2.24. The molecule has 0 saturated carbocycles. The highest BCUT2D eigenvalue weighted by Crippen LogP contribution is 2.44. The molecule has 3 rings (SSSR count). The second kappa shape index (κ2) is 4.95. The number of fused-ring (bicyclic) bond motifs is 2. The van der Waals surface area contributed by atoms with E-state index in [-0.39, 0.29) is 24.7 Å². The Bertz CT molecular complexity index is 686. The van der Waals surface area contributed by atoms with Crippen molar-refractivity contribution < 1.29 is 20.1 Å². The monoisotopic (exact) mass is 287 g/mol. The number of phenolic OH excluding ortho intramolecular Hbond substituents is 2. The standard InChI is InChI=1S/C16H17NO4/c1-17-9-16(20)11-6-7-13(18)15(19)10(11)8-21-14-5-3-2-4-12(14)16/h2-7,17-20H,8-9H2,1H3. The fourth-order valence-electron chi connectivity index (χ4n) is 2.83. The molecule has 2 aromatic rings. The lowest BCUT2D eigenvalue weighted by Crippen LogP contribution is -2.38. The van der Waals surface area contributed by atoms with Crippen LogP contribution in [0.2, 0.25) is 0 Å². The van der Waals surface area contributed by atoms with Crippen molar-refractivity contribution in [2.75, 3.05) is 13.6 Å². The lowest BCUT2D eigenvalue weighted by atomic mass is 9.83. The molecule has 0 spiro atoms. The van der Waals surface area contributed by atoms with Crippen LogP contribution in [0, 0.1) is 0 Å². The van der Waals surface area contributed by atoms with E-state index in [1.54, 1.807) is 25.2 Å². The first-order chi connectivity index (χ1) is 10.1. The molecule has 1 aliphatic rings. The van der Waals surface area contributed by atoms with Gasteiger partial charge in [-0.25, -0.2) is 0 Å². The second-order valence-corrected chi connectivity index (χ2v) is 5.13. The summed E-state index contributed by atoms with van der Waals surface area (Å²) in [5.41, 5.74) is 0.201. The number of nitrogens with one attached hydrogen (secondary N) is 1. The zero-order valence-corrected chi connectivity index (χ0v) is 11.6. The van der Waals surface area contributed by atoms with Gasteiger partial charge >= 0.3 is 0 Å². The lowest BCUT2D eigenvalue weighted by Gasteiger charge is -2.30. The molecule has 0 amide bonds. The average molecular weight is 287 g/mol. The zero-order chi connectivity index (χ0) is 15.0. The number of rotatable bonds is 2. The molecule has 0 aromatic heterocycles. The van der Waals surface area contributed by atoms with E-state index in [2.05, 4.69) is 5.32 Å². The molecule has 21 heavy (non-hydrogen) atoms. The van der Waals surface area contributed by atoms with Crippen molar-refractivity contribution in [1.29, 1.82) is 0 Å². The molecule has 0 saturated heterocycles. The molecular weight excluding hydrogens is 270 g/mol. The Balaban J connectivity index is 2.29. The van der Waals surface area contributed by atoms with E-state index in [0.717, 1.165) is 0 Å². The number of phenols is 2. The predicted molar refractivity (Wildman–Crippen MR) is 77.5 cm³/mol. The molecule has 110 valence electrons. The van der Waals surface area contributed by atoms with Crippen LogP contribution >= 0.6 is 0 Å². The van der Waals surface area contributed by atoms with E-state index in [9.17, 15) is 15.3 Å². The summed E-state index contributed by atoms with van der Waals surface area (Å²) in [4.78, 5) is 0. The Labute approximate surface area is 122 Å². The maximum atomic E-state index is 11.2. The van der Waals surface area contributed by atoms with Crippen molar-refractivity contribution >= 4 is 0 Å². The third kappa shape index (κ3) is 2.02. The van der Waals surface area contributed by atoms with Gasteiger partial charge in [-0.15, -0.1) is 0 Å². The van der Waals surface area contributed by atoms with Crippen molar-refractivity contribution in [3.05, 3.63) is 53.1 Å². The van der Waals surface area contributed by atoms with Crippen LogP contribution in [0.3, 0.4) is 0 Å². The Kier molecular flexibility index (Phi) is 3.23. The van der Waals surface area contributed by atoms with Gasteiger partial charge in [0.15, 0.2) is 11.5 Å². The first-order valence-corrected chi connectivity index (χ1v) is 6.71. The van der Waals surface area contributed by atoms with Crippen molar-refractivity contribution in [3.63, 3.8) is 0 Å². The van der Waals surface area contributed by atoms with Crippen molar-refractivity contribution in [3.8, 4) is 17.2 Å². The van der Waals surface area contributed by atoms with Gasteiger partial charge in [-0.3, -0.25) is 0 Å². The first kappa shape index (κ1) is 13.7. The second-order valence-electron chi connectivity index (χ2n) is 5.13. The number of ether oxygens (including phenoxy) is 1. The smallest absolute Gasteiger partial charge is 0.164 e. The molecule has 0 aliphatic carbocycles. The molecule has 1 heterocycles. The highest BCUT2D eigenvalue weighted by Gasteiger charge is 2.39. The number of para-hydroxylation sites is 1. The van der Waals surface area contributed by atoms with Crippen LogP contribution in [-0.4, -0.2) is 28.9 Å². The molecule has 5 heteroatoms. The van der Waals surface area contributed by atoms with Gasteiger partial charge in [0, 0.05) is 17.7 Å². The van der Waals surface area contributed by atoms with Gasteiger partial charge in [0.2, 0.25) is 0 Å². The van der Waals surface area contributed by atoms with E-state index in [1.807, 2.05) is 12.1 Å². The summed E-state index contributed by atoms with van der Waals surface area (Å²) in [7, 11) is 1.74. The molecule has 1 aliphatic heterocycles. The molecule has 1 unspecified atom stereocenters. The number of aliphatic hydroxyl groups is 1. The lowest BCUT2D eigenvalue weighted by molar-refractivity contribution is 0.0813. The van der Waals surface area contributed by atoms with Gasteiger partial charge in [0.1, 0.15) is 18.0 Å². The van der Waals surface area contributed by atoms with Crippen molar-refractivity contribution in [2.24, 2.45) is 0 Å². The van der Waals surface area contributed by atoms with Crippen LogP contribution in [0.4, 0.5) is 0 Å². The van der Waals surface area contributed by atoms with Crippen molar-refractivity contribution in [2.45, 2.75) is 12.2 Å². The van der Waals surface area contributed by atoms with Gasteiger partial charge in [-0.05, 0) is 24.7 Å². The minimum atomic E-state index is -1.34. The summed E-state index contributed by atoms with van der Waals surface area (Å²) < 4.78 is 5.69. The van der Waals surface area contributed by atoms with Crippen molar-refractivity contribution in [1.82, 2.24) is 5.32 Å². The maximum absolute atomic E-state index is 11.2. The molecule has 1 atom stereocenters. The van der Waals surface area contributed by atoms with Gasteiger partial charge in [-0.1, -0.05) is 24.3 Å². The molecule has 4 N–H and O–H groups in total. The maximum Gasteiger partial charge on any atom is 0.164 e. The largest absolute Gasteiger partial charge is 0.504 e. The van der Waals surface area contributed by atoms with Crippen LogP contribution in [0.15, 0.2) is 36.4 Å². The number of likely N-dealkylation sites (N-methyl/N-ethyl adjacent to an activating group) is 1. The number of hydrogen-bond donors (Lipinski definition) is 4. The highest BCUT2D eigenvalue weighted by molar-refractivity contribution is 5.56. The van der Waals surface area contributed by atoms with Gasteiger partial charge in [-0.2, -0.15) is 0 Å². The molecule has 5 nitrogen and oxygen atoms in total. The van der Waals surface area contributed by atoms with Crippen LogP contribution in [0.1, 0.15) is 16.7 Å². The third-order valence-electron chi connectivity index (χ3n) is 3.84. The van der Waals surface area contributed by atoms with E-state index in [0.29, 0.717) is 22.4 Å². The first-order valence-electron chi connectivity index (χ1n) is 6.71. The summed E-state index contributed by atoms with van der Waals surface area (Å²) >= 11 is 0. The SMILES string of the molecule is CNCC1(O)c2ccccc2OCc2c1ccc(O)c2O. The quantitative estimate of drug-likeness (QED) is 0.628. The summed E-state index contributed by atoms with van der Waals surface area (Å²) in [5, 5.41) is 34.0. The van der Waals surface area contributed by atoms with Crippen LogP contribution < -0.4 is 10.1 Å².